The molecule has 0 fully saturated rings. The molecule has 0 saturated heterocycles. The number of rotatable bonds is 8. The van der Waals surface area contributed by atoms with Crippen LogP contribution in [0.4, 0.5) is 0 Å². The Labute approximate surface area is 213 Å². The molecule has 0 aliphatic carbocycles. The van der Waals surface area contributed by atoms with Crippen LogP contribution in [-0.4, -0.2) is 28.4 Å². The van der Waals surface area contributed by atoms with E-state index in [1.54, 1.807) is 11.1 Å². The van der Waals surface area contributed by atoms with Crippen LogP contribution in [0.5, 0.6) is 11.5 Å². The minimum Gasteiger partial charge on any atom is -0.490 e. The standard InChI is InChI=1S/C28H26N4O3S/c1-3-16-36-28-30-27(33)25-21-12-8-9-13-22(21)29-26(32(25)31-28)20-14-15-23(24(17-20)34-4-2)35-18-19-10-6-5-7-11-19/h3,5-15,17,26H,1,4,16,18H2,2H3,(H,30,31,33)/t26-/m0/s1. The highest BCUT2D eigenvalue weighted by atomic mass is 32.2. The lowest BCUT2D eigenvalue weighted by molar-refractivity contribution is -0.116. The van der Waals surface area contributed by atoms with Crippen LogP contribution in [0.15, 0.2) is 95.5 Å². The van der Waals surface area contributed by atoms with E-state index in [9.17, 15) is 4.79 Å². The summed E-state index contributed by atoms with van der Waals surface area (Å²) in [6.07, 6.45) is 1.23. The van der Waals surface area contributed by atoms with Crippen molar-refractivity contribution in [2.24, 2.45) is 10.1 Å². The smallest absolute Gasteiger partial charge is 0.276 e. The molecule has 36 heavy (non-hydrogen) atoms. The van der Waals surface area contributed by atoms with Gasteiger partial charge < -0.3 is 9.47 Å². The molecule has 2 heterocycles. The highest BCUT2D eigenvalue weighted by Crippen LogP contribution is 2.36. The molecular formula is C28H26N4O3S. The predicted molar refractivity (Wildman–Crippen MR) is 142 cm³/mol. The van der Waals surface area contributed by atoms with Crippen LogP contribution in [0.2, 0.25) is 0 Å². The first-order chi connectivity index (χ1) is 17.7. The van der Waals surface area contributed by atoms with Crippen LogP contribution in [0, 0.1) is 0 Å². The number of para-hydroxylation sites is 1. The zero-order chi connectivity index (χ0) is 24.9. The van der Waals surface area contributed by atoms with Crippen molar-refractivity contribution < 1.29 is 14.3 Å². The van der Waals surface area contributed by atoms with Gasteiger partial charge in [-0.1, -0.05) is 72.4 Å². The van der Waals surface area contributed by atoms with Gasteiger partial charge in [-0.05, 0) is 30.7 Å². The number of fused-ring (bicyclic) bond motifs is 2. The van der Waals surface area contributed by atoms with Gasteiger partial charge in [0.1, 0.15) is 12.3 Å². The van der Waals surface area contributed by atoms with E-state index in [1.165, 1.54) is 11.8 Å². The molecule has 1 N–H and O–H groups in total. The van der Waals surface area contributed by atoms with Crippen molar-refractivity contribution in [3.8, 4) is 11.5 Å². The van der Waals surface area contributed by atoms with Crippen molar-refractivity contribution in [1.29, 1.82) is 0 Å². The number of hydrazone groups is 1. The van der Waals surface area contributed by atoms with Crippen LogP contribution >= 0.6 is 11.8 Å². The zero-order valence-corrected chi connectivity index (χ0v) is 20.7. The van der Waals surface area contributed by atoms with E-state index in [1.807, 2.05) is 79.7 Å². The molecule has 0 spiro atoms. The summed E-state index contributed by atoms with van der Waals surface area (Å²) in [6.45, 7) is 6.61. The van der Waals surface area contributed by atoms with E-state index in [2.05, 4.69) is 11.9 Å². The molecule has 1 amide bonds. The number of hydrogen-bond acceptors (Lipinski definition) is 7. The zero-order valence-electron chi connectivity index (χ0n) is 19.9. The highest BCUT2D eigenvalue weighted by Gasteiger charge is 2.34. The molecule has 182 valence electrons. The SMILES string of the molecule is C=CCSC1=NN2C(=c3ccccc3=N[C@@H]2c2ccc(OCc3ccccc3)c(OCC)c2)C(=O)N1. The number of nitrogens with one attached hydrogen (secondary N) is 1. The van der Waals surface area contributed by atoms with Gasteiger partial charge in [-0.15, -0.1) is 11.7 Å². The van der Waals surface area contributed by atoms with Crippen molar-refractivity contribution in [2.75, 3.05) is 12.4 Å². The number of amidine groups is 1. The summed E-state index contributed by atoms with van der Waals surface area (Å²) < 4.78 is 12.0. The summed E-state index contributed by atoms with van der Waals surface area (Å²) in [5.41, 5.74) is 2.38. The van der Waals surface area contributed by atoms with E-state index >= 15 is 0 Å². The quantitative estimate of drug-likeness (QED) is 0.479. The van der Waals surface area contributed by atoms with Gasteiger partial charge in [0.2, 0.25) is 0 Å². The van der Waals surface area contributed by atoms with Gasteiger partial charge in [-0.3, -0.25) is 15.1 Å². The Kier molecular flexibility index (Phi) is 7.04. The van der Waals surface area contributed by atoms with Crippen LogP contribution in [0.25, 0.3) is 5.70 Å². The second kappa shape index (κ2) is 10.7. The fourth-order valence-corrected chi connectivity index (χ4v) is 4.64. The molecule has 2 aliphatic rings. The van der Waals surface area contributed by atoms with Gasteiger partial charge in [0, 0.05) is 16.5 Å². The number of benzene rings is 3. The van der Waals surface area contributed by atoms with E-state index < -0.39 is 6.17 Å². The third kappa shape index (κ3) is 4.85. The third-order valence-corrected chi connectivity index (χ3v) is 6.52. The highest BCUT2D eigenvalue weighted by molar-refractivity contribution is 8.14. The molecule has 0 aromatic heterocycles. The maximum Gasteiger partial charge on any atom is 0.276 e. The van der Waals surface area contributed by atoms with Crippen molar-refractivity contribution in [3.63, 3.8) is 0 Å². The number of nitrogens with zero attached hydrogens (tertiary/aromatic N) is 3. The number of ether oxygens (including phenoxy) is 2. The van der Waals surface area contributed by atoms with Crippen molar-refractivity contribution in [2.45, 2.75) is 19.7 Å². The van der Waals surface area contributed by atoms with Gasteiger partial charge >= 0.3 is 0 Å². The number of amides is 1. The normalized spacial score (nSPS) is 16.2. The minimum absolute atomic E-state index is 0.211. The first kappa shape index (κ1) is 23.7. The largest absolute Gasteiger partial charge is 0.490 e. The summed E-state index contributed by atoms with van der Waals surface area (Å²) in [5.74, 6) is 1.68. The summed E-state index contributed by atoms with van der Waals surface area (Å²) in [6, 6.07) is 23.3. The molecule has 0 radical (unpaired) electrons. The first-order valence-electron chi connectivity index (χ1n) is 11.7. The number of thioether (sulfide) groups is 1. The van der Waals surface area contributed by atoms with Gasteiger partial charge in [-0.2, -0.15) is 0 Å². The Morgan fingerprint density at radius 1 is 1.06 bits per heavy atom. The van der Waals surface area contributed by atoms with Gasteiger partial charge in [0.25, 0.3) is 5.91 Å². The summed E-state index contributed by atoms with van der Waals surface area (Å²) in [7, 11) is 0. The lowest BCUT2D eigenvalue weighted by Gasteiger charge is -2.34. The minimum atomic E-state index is -0.539. The van der Waals surface area contributed by atoms with Crippen LogP contribution < -0.4 is 25.4 Å². The molecule has 0 unspecified atom stereocenters. The molecular weight excluding hydrogens is 472 g/mol. The van der Waals surface area contributed by atoms with E-state index in [0.29, 0.717) is 41.3 Å². The molecule has 8 heteroatoms. The Hall–Kier alpha value is -4.04. The van der Waals surface area contributed by atoms with E-state index in [4.69, 9.17) is 19.6 Å². The molecule has 2 aliphatic heterocycles. The van der Waals surface area contributed by atoms with Crippen molar-refractivity contribution >= 4 is 28.5 Å². The predicted octanol–water partition coefficient (Wildman–Crippen LogP) is 3.73. The molecule has 7 nitrogen and oxygen atoms in total. The third-order valence-electron chi connectivity index (χ3n) is 5.66. The Bertz CT molecular complexity index is 1440. The maximum atomic E-state index is 13.2. The molecule has 3 aromatic carbocycles. The van der Waals surface area contributed by atoms with E-state index in [0.717, 1.165) is 21.7 Å². The molecule has 3 aromatic rings. The maximum absolute atomic E-state index is 13.2. The molecule has 1 atom stereocenters. The van der Waals surface area contributed by atoms with Crippen molar-refractivity contribution in [3.05, 3.63) is 107 Å². The lowest BCUT2D eigenvalue weighted by atomic mass is 10.1. The summed E-state index contributed by atoms with van der Waals surface area (Å²) >= 11 is 1.41. The summed E-state index contributed by atoms with van der Waals surface area (Å²) in [4.78, 5) is 18.2. The number of carbonyl (C=O) groups is 1. The van der Waals surface area contributed by atoms with E-state index in [-0.39, 0.29) is 5.91 Å². The van der Waals surface area contributed by atoms with Gasteiger partial charge in [0.05, 0.1) is 12.0 Å². The van der Waals surface area contributed by atoms with Gasteiger partial charge in [-0.25, -0.2) is 5.01 Å². The Balaban J connectivity index is 1.54. The topological polar surface area (TPSA) is 75.5 Å². The fraction of sp³-hybridized carbons (Fsp3) is 0.179. The second-order valence-electron chi connectivity index (χ2n) is 8.09. The van der Waals surface area contributed by atoms with Crippen LogP contribution in [-0.2, 0) is 11.4 Å². The molecule has 0 saturated carbocycles. The average Bonchev–Trinajstić information content (AvgIpc) is 2.91. The Morgan fingerprint density at radius 3 is 2.67 bits per heavy atom. The number of carbonyl (C=O) groups excluding carboxylic acids is 1. The molecule has 5 rings (SSSR count). The van der Waals surface area contributed by atoms with Crippen LogP contribution in [0.3, 0.4) is 0 Å². The summed E-state index contributed by atoms with van der Waals surface area (Å²) in [5, 5.41) is 11.3. The van der Waals surface area contributed by atoms with Crippen molar-refractivity contribution in [1.82, 2.24) is 10.3 Å². The molecule has 0 bridgehead atoms. The lowest BCUT2D eigenvalue weighted by Crippen LogP contribution is -2.50. The first-order valence-corrected chi connectivity index (χ1v) is 12.7. The second-order valence-corrected chi connectivity index (χ2v) is 9.09. The fourth-order valence-electron chi connectivity index (χ4n) is 4.06. The Morgan fingerprint density at radius 2 is 1.86 bits per heavy atom. The van der Waals surface area contributed by atoms with Crippen LogP contribution in [0.1, 0.15) is 24.2 Å². The van der Waals surface area contributed by atoms with Gasteiger partial charge in [0.15, 0.2) is 22.8 Å². The monoisotopic (exact) mass is 498 g/mol. The number of hydrogen-bond donors (Lipinski definition) is 1. The average molecular weight is 499 g/mol.